The molecule has 5 rings (SSSR count). The molecule has 4 atom stereocenters. The van der Waals surface area contributed by atoms with Gasteiger partial charge in [0.2, 0.25) is 11.8 Å². The van der Waals surface area contributed by atoms with Gasteiger partial charge in [-0.1, -0.05) is 0 Å². The number of ether oxygens (including phenoxy) is 2. The van der Waals surface area contributed by atoms with Crippen LogP contribution in [0.5, 0.6) is 11.6 Å². The van der Waals surface area contributed by atoms with Crippen molar-refractivity contribution in [1.82, 2.24) is 20.2 Å². The highest BCUT2D eigenvalue weighted by Gasteiger charge is 2.39. The molecule has 4 heterocycles. The number of likely N-dealkylation sites (tertiary alicyclic amines) is 1. The van der Waals surface area contributed by atoms with E-state index >= 15 is 0 Å². The van der Waals surface area contributed by atoms with Crippen LogP contribution >= 0.6 is 11.8 Å². The molecule has 268 valence electrons. The number of carboxylic acids is 1. The normalized spacial score (nSPS) is 19.1. The standard InChI is InChI=1S/C31H35F2N7O8S2/c1-50(46,39-31(45)35-5-6-40-28(41)13-24(29(40)42)49-15-22(34)30(43)44)16-17-9-26-37-25-12-20(21(33)14-36-25)19-4-3-18(32)11-23(19)47-7-2-8-48-27(10-17)38-26/h3-4,9-12,14,22,24,29,42H,2,5-8,13,15-16,34H2,1H3,(H,35,45)(H,43,44)(H,36,37,38)/t22-,24?,29?,50?/m0/s1. The molecule has 1 fully saturated rings. The van der Waals surface area contributed by atoms with Crippen LogP contribution in [0.2, 0.25) is 0 Å². The van der Waals surface area contributed by atoms with Gasteiger partial charge in [-0.15, -0.1) is 4.36 Å². The van der Waals surface area contributed by atoms with Gasteiger partial charge in [0.1, 0.15) is 41.3 Å². The molecule has 2 aromatic heterocycles. The van der Waals surface area contributed by atoms with Gasteiger partial charge in [-0.25, -0.2) is 22.8 Å². The number of rotatable bonds is 9. The van der Waals surface area contributed by atoms with E-state index in [9.17, 15) is 32.5 Å². The SMILES string of the molecule is CS(=O)(Cc1cc2nc(c1)OCCCOc1cc(F)ccc1-c1cc(ncc1F)N2)=NC(=O)NCCN1C(=O)CC(SC[C@H](N)C(=O)O)C1O. The number of carboxylic acid groups (broad SMARTS) is 1. The third kappa shape index (κ3) is 9.55. The van der Waals surface area contributed by atoms with Gasteiger partial charge in [-0.2, -0.15) is 16.7 Å². The summed E-state index contributed by atoms with van der Waals surface area (Å²) in [6.45, 7) is 0.129. The van der Waals surface area contributed by atoms with Crippen molar-refractivity contribution in [3.05, 3.63) is 59.8 Å². The number of carbonyl (C=O) groups is 3. The average molecular weight is 736 g/mol. The van der Waals surface area contributed by atoms with Gasteiger partial charge in [0.25, 0.3) is 0 Å². The van der Waals surface area contributed by atoms with Crippen LogP contribution in [0, 0.1) is 11.6 Å². The van der Waals surface area contributed by atoms with E-state index in [1.54, 1.807) is 12.1 Å². The highest BCUT2D eigenvalue weighted by atomic mass is 32.2. The van der Waals surface area contributed by atoms with Gasteiger partial charge >= 0.3 is 12.0 Å². The fraction of sp³-hybridized carbons (Fsp3) is 0.387. The van der Waals surface area contributed by atoms with Crippen molar-refractivity contribution in [3.8, 4) is 22.8 Å². The monoisotopic (exact) mass is 735 g/mol. The Morgan fingerprint density at radius 3 is 2.76 bits per heavy atom. The van der Waals surface area contributed by atoms with Crippen molar-refractivity contribution in [2.24, 2.45) is 10.1 Å². The molecule has 0 radical (unpaired) electrons. The van der Waals surface area contributed by atoms with Gasteiger partial charge in [-0.05, 0) is 29.8 Å². The van der Waals surface area contributed by atoms with Crippen molar-refractivity contribution in [2.45, 2.75) is 36.1 Å². The number of nitrogens with zero attached hydrogens (tertiary/aromatic N) is 4. The Bertz CT molecular complexity index is 1900. The predicted octanol–water partition coefficient (Wildman–Crippen LogP) is 2.70. The summed E-state index contributed by atoms with van der Waals surface area (Å²) in [7, 11) is -3.17. The zero-order valence-corrected chi connectivity index (χ0v) is 28.3. The fourth-order valence-corrected chi connectivity index (χ4v) is 7.60. The Balaban J connectivity index is 1.26. The van der Waals surface area contributed by atoms with Crippen LogP contribution in [0.4, 0.5) is 25.2 Å². The Morgan fingerprint density at radius 2 is 1.98 bits per heavy atom. The number of carbonyl (C=O) groups excluding carboxylic acids is 2. The number of anilines is 2. The number of amides is 3. The van der Waals surface area contributed by atoms with E-state index in [0.29, 0.717) is 17.5 Å². The molecule has 2 aliphatic rings. The highest BCUT2D eigenvalue weighted by Crippen LogP contribution is 2.35. The summed E-state index contributed by atoms with van der Waals surface area (Å²) in [5.74, 6) is -2.18. The number of nitrogens with one attached hydrogen (secondary N) is 2. The summed E-state index contributed by atoms with van der Waals surface area (Å²) in [5, 5.41) is 24.4. The number of thioether (sulfide) groups is 1. The first-order valence-corrected chi connectivity index (χ1v) is 18.5. The number of nitrogens with two attached hydrogens (primary N) is 1. The number of halogens is 2. The molecule has 1 aromatic carbocycles. The molecule has 6 N–H and O–H groups in total. The van der Waals surface area contributed by atoms with Crippen molar-refractivity contribution in [1.29, 1.82) is 0 Å². The number of urea groups is 1. The number of pyridine rings is 2. The number of aliphatic carboxylic acids is 1. The van der Waals surface area contributed by atoms with Gasteiger partial charge in [0.05, 0.1) is 40.1 Å². The van der Waals surface area contributed by atoms with Crippen LogP contribution in [0.25, 0.3) is 11.1 Å². The predicted molar refractivity (Wildman–Crippen MR) is 181 cm³/mol. The maximum absolute atomic E-state index is 14.9. The number of fused-ring (bicyclic) bond motifs is 6. The Labute approximate surface area is 290 Å². The fourth-order valence-electron chi connectivity index (χ4n) is 5.16. The first kappa shape index (κ1) is 36.7. The summed E-state index contributed by atoms with van der Waals surface area (Å²) < 4.78 is 57.7. The minimum Gasteiger partial charge on any atom is -0.493 e. The third-order valence-electron chi connectivity index (χ3n) is 7.50. The molecule has 0 aliphatic carbocycles. The van der Waals surface area contributed by atoms with Crippen molar-refractivity contribution in [3.63, 3.8) is 0 Å². The third-order valence-corrected chi connectivity index (χ3v) is 10.3. The topological polar surface area (TPSA) is 219 Å². The summed E-state index contributed by atoms with van der Waals surface area (Å²) in [5.41, 5.74) is 6.39. The minimum atomic E-state index is -3.17. The van der Waals surface area contributed by atoms with Gasteiger partial charge in [0.15, 0.2) is 0 Å². The van der Waals surface area contributed by atoms with Gasteiger partial charge in [0, 0.05) is 61.2 Å². The summed E-state index contributed by atoms with van der Waals surface area (Å²) in [6.07, 6.45) is 1.46. The second kappa shape index (κ2) is 16.0. The quantitative estimate of drug-likeness (QED) is 0.214. The molecule has 50 heavy (non-hydrogen) atoms. The molecular weight excluding hydrogens is 701 g/mol. The molecule has 15 nitrogen and oxygen atoms in total. The van der Waals surface area contributed by atoms with Crippen LogP contribution in [0.15, 0.2) is 47.0 Å². The number of benzene rings is 1. The van der Waals surface area contributed by atoms with Crippen LogP contribution < -0.4 is 25.8 Å². The number of hydrogen-bond acceptors (Lipinski definition) is 12. The number of aliphatic hydroxyl groups excluding tert-OH is 1. The Hall–Kier alpha value is -4.59. The lowest BCUT2D eigenvalue weighted by molar-refractivity contribution is -0.138. The van der Waals surface area contributed by atoms with Crippen molar-refractivity contribution in [2.75, 3.05) is 43.6 Å². The first-order chi connectivity index (χ1) is 23.8. The summed E-state index contributed by atoms with van der Waals surface area (Å²) in [6, 6.07) is 6.29. The summed E-state index contributed by atoms with van der Waals surface area (Å²) in [4.78, 5) is 45.6. The van der Waals surface area contributed by atoms with E-state index in [4.69, 9.17) is 20.3 Å². The minimum absolute atomic E-state index is 0.0125. The molecule has 4 bridgehead atoms. The maximum Gasteiger partial charge on any atom is 0.349 e. The average Bonchev–Trinajstić information content (AvgIpc) is 3.31. The second-order valence-electron chi connectivity index (χ2n) is 11.5. The van der Waals surface area contributed by atoms with E-state index in [2.05, 4.69) is 25.0 Å². The van der Waals surface area contributed by atoms with Crippen LogP contribution in [0.1, 0.15) is 18.4 Å². The lowest BCUT2D eigenvalue weighted by atomic mass is 10.0. The first-order valence-electron chi connectivity index (χ1n) is 15.3. The van der Waals surface area contributed by atoms with E-state index < -0.39 is 50.9 Å². The Kier molecular flexibility index (Phi) is 11.7. The number of aromatic nitrogens is 2. The van der Waals surface area contributed by atoms with Crippen molar-refractivity contribution >= 4 is 51.0 Å². The van der Waals surface area contributed by atoms with E-state index in [0.717, 1.165) is 22.9 Å². The molecule has 19 heteroatoms. The maximum atomic E-state index is 14.9. The van der Waals surface area contributed by atoms with Crippen LogP contribution in [0.3, 0.4) is 0 Å². The number of hydrogen-bond donors (Lipinski definition) is 5. The van der Waals surface area contributed by atoms with E-state index in [1.807, 2.05) is 0 Å². The zero-order chi connectivity index (χ0) is 36.0. The molecule has 1 saturated heterocycles. The van der Waals surface area contributed by atoms with E-state index in [1.165, 1.54) is 30.5 Å². The van der Waals surface area contributed by atoms with Gasteiger partial charge < -0.3 is 41.0 Å². The summed E-state index contributed by atoms with van der Waals surface area (Å²) >= 11 is 1.08. The Morgan fingerprint density at radius 1 is 1.20 bits per heavy atom. The molecule has 3 amide bonds. The molecule has 0 spiro atoms. The largest absolute Gasteiger partial charge is 0.493 e. The molecule has 2 aliphatic heterocycles. The highest BCUT2D eigenvalue weighted by molar-refractivity contribution is 8.00. The van der Waals surface area contributed by atoms with Crippen LogP contribution in [-0.4, -0.2) is 103 Å². The smallest absolute Gasteiger partial charge is 0.349 e. The molecule has 0 saturated carbocycles. The molecular formula is C31H35F2N7O8S2. The van der Waals surface area contributed by atoms with E-state index in [-0.39, 0.29) is 79.0 Å². The molecule has 3 unspecified atom stereocenters. The second-order valence-corrected chi connectivity index (χ2v) is 15.2. The lowest BCUT2D eigenvalue weighted by Crippen LogP contribution is -2.41. The number of aliphatic hydroxyl groups is 1. The lowest BCUT2D eigenvalue weighted by Gasteiger charge is -2.23. The van der Waals surface area contributed by atoms with Gasteiger partial charge in [-0.3, -0.25) is 9.59 Å². The molecule has 3 aromatic rings. The zero-order valence-electron chi connectivity index (χ0n) is 26.7. The van der Waals surface area contributed by atoms with Crippen LogP contribution in [-0.2, 0) is 25.1 Å². The van der Waals surface area contributed by atoms with Crippen molar-refractivity contribution < 1.29 is 47.1 Å².